The Labute approximate surface area is 190 Å². The zero-order valence-electron chi connectivity index (χ0n) is 18.8. The van der Waals surface area contributed by atoms with Crippen LogP contribution in [0.25, 0.3) is 0 Å². The Kier molecular flexibility index (Phi) is 5.10. The number of ketones is 3. The smallest absolute Gasteiger partial charge is 0.255 e. The first kappa shape index (κ1) is 22.9. The number of aliphatic hydroxyl groups excluding tert-OH is 2. The van der Waals surface area contributed by atoms with E-state index in [1.165, 1.54) is 11.8 Å². The molecular formula is C24H26N2O7. The molecule has 0 bridgehead atoms. The number of primary amides is 1. The van der Waals surface area contributed by atoms with E-state index in [2.05, 4.69) is 0 Å². The van der Waals surface area contributed by atoms with Crippen LogP contribution in [0.3, 0.4) is 0 Å². The maximum atomic E-state index is 13.6. The SMILES string of the molecule is CC(=O)c1ccc(C)c2c1C[C@H]1C[C@H]3[C@@H](N(C)C)C(O)=C(C(N)=O)C(=O)[C@@]3(O)C(O)=C1C2=O. The van der Waals surface area contributed by atoms with E-state index in [4.69, 9.17) is 5.73 Å². The zero-order valence-corrected chi connectivity index (χ0v) is 18.8. The summed E-state index contributed by atoms with van der Waals surface area (Å²) in [6.45, 7) is 3.12. The predicted octanol–water partition coefficient (Wildman–Crippen LogP) is 0.926. The van der Waals surface area contributed by atoms with Crippen LogP contribution in [0.5, 0.6) is 0 Å². The van der Waals surface area contributed by atoms with Gasteiger partial charge in [0, 0.05) is 22.6 Å². The molecule has 4 atom stereocenters. The third-order valence-corrected chi connectivity index (χ3v) is 7.22. The summed E-state index contributed by atoms with van der Waals surface area (Å²) >= 11 is 0. The van der Waals surface area contributed by atoms with E-state index in [9.17, 15) is 34.5 Å². The van der Waals surface area contributed by atoms with Gasteiger partial charge in [0.25, 0.3) is 5.91 Å². The largest absolute Gasteiger partial charge is 0.510 e. The molecule has 3 aliphatic rings. The average molecular weight is 454 g/mol. The molecule has 0 spiro atoms. The Balaban J connectivity index is 1.99. The number of amides is 1. The Morgan fingerprint density at radius 3 is 2.36 bits per heavy atom. The van der Waals surface area contributed by atoms with Crippen LogP contribution in [0.2, 0.25) is 0 Å². The van der Waals surface area contributed by atoms with Crippen molar-refractivity contribution >= 4 is 23.3 Å². The van der Waals surface area contributed by atoms with Gasteiger partial charge >= 0.3 is 0 Å². The van der Waals surface area contributed by atoms with Gasteiger partial charge in [-0.2, -0.15) is 0 Å². The summed E-state index contributed by atoms with van der Waals surface area (Å²) in [4.78, 5) is 52.5. The number of hydrogen-bond acceptors (Lipinski definition) is 8. The molecule has 9 nitrogen and oxygen atoms in total. The molecule has 4 rings (SSSR count). The third-order valence-electron chi connectivity index (χ3n) is 7.22. The molecule has 0 aromatic heterocycles. The van der Waals surface area contributed by atoms with Gasteiger partial charge in [-0.15, -0.1) is 0 Å². The summed E-state index contributed by atoms with van der Waals surface area (Å²) in [7, 11) is 3.18. The van der Waals surface area contributed by atoms with Crippen LogP contribution in [0.1, 0.15) is 45.2 Å². The van der Waals surface area contributed by atoms with Crippen LogP contribution in [0, 0.1) is 18.8 Å². The fourth-order valence-corrected chi connectivity index (χ4v) is 5.77. The Bertz CT molecular complexity index is 1210. The van der Waals surface area contributed by atoms with E-state index in [1.807, 2.05) is 0 Å². The van der Waals surface area contributed by atoms with Gasteiger partial charge in [-0.25, -0.2) is 0 Å². The molecular weight excluding hydrogens is 428 g/mol. The van der Waals surface area contributed by atoms with Crippen molar-refractivity contribution in [2.45, 2.75) is 38.3 Å². The molecule has 0 fully saturated rings. The van der Waals surface area contributed by atoms with Crippen molar-refractivity contribution in [1.82, 2.24) is 4.90 Å². The highest BCUT2D eigenvalue weighted by Gasteiger charge is 2.63. The zero-order chi connectivity index (χ0) is 24.6. The molecule has 0 saturated heterocycles. The lowest BCUT2D eigenvalue weighted by atomic mass is 9.58. The van der Waals surface area contributed by atoms with Crippen LogP contribution < -0.4 is 5.73 Å². The summed E-state index contributed by atoms with van der Waals surface area (Å²) in [6.07, 6.45) is 0.294. The lowest BCUT2D eigenvalue weighted by molar-refractivity contribution is -0.148. The molecule has 1 aromatic rings. The monoisotopic (exact) mass is 454 g/mol. The second-order valence-electron chi connectivity index (χ2n) is 9.30. The Morgan fingerprint density at radius 2 is 1.82 bits per heavy atom. The van der Waals surface area contributed by atoms with Crippen molar-refractivity contribution in [2.75, 3.05) is 14.1 Å². The number of nitrogens with two attached hydrogens (primary N) is 1. The number of fused-ring (bicyclic) bond motifs is 3. The number of rotatable bonds is 3. The molecule has 33 heavy (non-hydrogen) atoms. The molecule has 0 saturated carbocycles. The van der Waals surface area contributed by atoms with Gasteiger partial charge in [-0.3, -0.25) is 24.1 Å². The maximum Gasteiger partial charge on any atom is 0.255 e. The van der Waals surface area contributed by atoms with E-state index in [-0.39, 0.29) is 29.8 Å². The van der Waals surface area contributed by atoms with E-state index in [1.54, 1.807) is 33.2 Å². The van der Waals surface area contributed by atoms with Crippen LogP contribution >= 0.6 is 0 Å². The summed E-state index contributed by atoms with van der Waals surface area (Å²) in [5.41, 5.74) is 3.66. The van der Waals surface area contributed by atoms with Crippen molar-refractivity contribution in [3.63, 3.8) is 0 Å². The van der Waals surface area contributed by atoms with Gasteiger partial charge in [-0.1, -0.05) is 12.1 Å². The molecule has 0 unspecified atom stereocenters. The van der Waals surface area contributed by atoms with Gasteiger partial charge in [0.1, 0.15) is 17.1 Å². The standard InChI is InChI=1S/C24H26N2O7/c1-9-5-6-12(10(2)27)13-7-11-8-14-18(26(3)4)20(29)17(23(25)32)22(31)24(14,33)21(30)16(11)19(28)15(9)13/h5-6,11,14,18,29-30,33H,7-8H2,1-4H3,(H2,25,32)/t11-,14-,18+,24-/m0/s1. The second-order valence-corrected chi connectivity index (χ2v) is 9.30. The number of allylic oxidation sites excluding steroid dienone is 1. The molecule has 0 aliphatic heterocycles. The highest BCUT2D eigenvalue weighted by atomic mass is 16.3. The number of carbonyl (C=O) groups excluding carboxylic acids is 4. The van der Waals surface area contributed by atoms with Gasteiger partial charge in [0.05, 0.1) is 6.04 Å². The van der Waals surface area contributed by atoms with E-state index in [0.29, 0.717) is 16.7 Å². The minimum absolute atomic E-state index is 0.0526. The predicted molar refractivity (Wildman–Crippen MR) is 117 cm³/mol. The van der Waals surface area contributed by atoms with E-state index >= 15 is 0 Å². The van der Waals surface area contributed by atoms with Gasteiger partial charge in [0.2, 0.25) is 5.78 Å². The quantitative estimate of drug-likeness (QED) is 0.388. The van der Waals surface area contributed by atoms with Gasteiger partial charge in [0.15, 0.2) is 17.2 Å². The lowest BCUT2D eigenvalue weighted by Gasteiger charge is -2.50. The van der Waals surface area contributed by atoms with Crippen LogP contribution in [-0.4, -0.2) is 69.2 Å². The maximum absolute atomic E-state index is 13.6. The van der Waals surface area contributed by atoms with Crippen molar-refractivity contribution in [2.24, 2.45) is 17.6 Å². The van der Waals surface area contributed by atoms with Crippen molar-refractivity contribution < 1.29 is 34.5 Å². The van der Waals surface area contributed by atoms with Crippen LogP contribution in [0.15, 0.2) is 34.8 Å². The first-order valence-corrected chi connectivity index (χ1v) is 10.6. The molecule has 174 valence electrons. The number of aryl methyl sites for hydroxylation is 1. The molecule has 1 amide bonds. The first-order chi connectivity index (χ1) is 15.3. The number of Topliss-reactive ketones (excluding diaryl/α,β-unsaturated/α-hetero) is 3. The average Bonchev–Trinajstić information content (AvgIpc) is 2.70. The highest BCUT2D eigenvalue weighted by molar-refractivity contribution is 6.24. The third kappa shape index (κ3) is 2.92. The van der Waals surface area contributed by atoms with Gasteiger partial charge < -0.3 is 21.1 Å². The fourth-order valence-electron chi connectivity index (χ4n) is 5.77. The van der Waals surface area contributed by atoms with Crippen molar-refractivity contribution in [3.8, 4) is 0 Å². The first-order valence-electron chi connectivity index (χ1n) is 10.6. The van der Waals surface area contributed by atoms with Gasteiger partial charge in [-0.05, 0) is 57.8 Å². The number of hydrogen-bond donors (Lipinski definition) is 4. The summed E-state index contributed by atoms with van der Waals surface area (Å²) in [6, 6.07) is 2.30. The number of carbonyl (C=O) groups is 4. The molecule has 1 aromatic carbocycles. The topological polar surface area (TPSA) is 158 Å². The molecule has 5 N–H and O–H groups in total. The highest BCUT2D eigenvalue weighted by Crippen LogP contribution is 2.52. The minimum atomic E-state index is -2.60. The molecule has 3 aliphatic carbocycles. The van der Waals surface area contributed by atoms with E-state index in [0.717, 1.165) is 0 Å². The Morgan fingerprint density at radius 1 is 1.18 bits per heavy atom. The second kappa shape index (κ2) is 7.36. The van der Waals surface area contributed by atoms with E-state index < -0.39 is 58.0 Å². The molecule has 0 heterocycles. The number of aliphatic hydroxyl groups is 3. The number of likely N-dealkylation sites (N-methyl/N-ethyl adjacent to an activating group) is 1. The van der Waals surface area contributed by atoms with Crippen molar-refractivity contribution in [3.05, 3.63) is 57.1 Å². The summed E-state index contributed by atoms with van der Waals surface area (Å²) in [5.74, 6) is -6.30. The lowest BCUT2D eigenvalue weighted by Crippen LogP contribution is -2.63. The summed E-state index contributed by atoms with van der Waals surface area (Å²) in [5, 5.41) is 33.5. The normalized spacial score (nSPS) is 29.1. The molecule has 9 heteroatoms. The fraction of sp³-hybridized carbons (Fsp3) is 0.417. The van der Waals surface area contributed by atoms with Crippen molar-refractivity contribution in [1.29, 1.82) is 0 Å². The minimum Gasteiger partial charge on any atom is -0.510 e. The van der Waals surface area contributed by atoms with Crippen LogP contribution in [-0.2, 0) is 16.0 Å². The molecule has 0 radical (unpaired) electrons. The Hall–Kier alpha value is -3.30. The number of benzene rings is 1. The summed E-state index contributed by atoms with van der Waals surface area (Å²) < 4.78 is 0. The van der Waals surface area contributed by atoms with Crippen LogP contribution in [0.4, 0.5) is 0 Å². The number of nitrogens with zero attached hydrogens (tertiary/aromatic N) is 1.